The van der Waals surface area contributed by atoms with Crippen LogP contribution in [0, 0.1) is 17.7 Å². The molecule has 2 nitrogen and oxygen atoms in total. The molecule has 0 bridgehead atoms. The molecule has 0 saturated carbocycles. The van der Waals surface area contributed by atoms with Crippen LogP contribution >= 0.6 is 0 Å². The predicted molar refractivity (Wildman–Crippen MR) is 110 cm³/mol. The van der Waals surface area contributed by atoms with Crippen LogP contribution in [0.3, 0.4) is 0 Å². The van der Waals surface area contributed by atoms with Crippen molar-refractivity contribution >= 4 is 25.4 Å². The topological polar surface area (TPSA) is 26.3 Å². The molecule has 0 saturated heterocycles. The van der Waals surface area contributed by atoms with E-state index in [1.807, 2.05) is 6.92 Å². The molecule has 0 atom stereocenters. The van der Waals surface area contributed by atoms with Gasteiger partial charge in [-0.1, -0.05) is 0 Å². The molecule has 2 rings (SSSR count). The van der Waals surface area contributed by atoms with Gasteiger partial charge in [-0.3, -0.25) is 0 Å². The molecule has 1 aliphatic carbocycles. The maximum absolute atomic E-state index is 11.5. The van der Waals surface area contributed by atoms with Crippen LogP contribution in [0.1, 0.15) is 71.1 Å². The minimum absolute atomic E-state index is 0.0700. The monoisotopic (exact) mass is 418 g/mol. The van der Waals surface area contributed by atoms with Crippen molar-refractivity contribution in [3.63, 3.8) is 0 Å². The van der Waals surface area contributed by atoms with E-state index in [-0.39, 0.29) is 31.8 Å². The van der Waals surface area contributed by atoms with Gasteiger partial charge in [-0.25, -0.2) is 0 Å². The van der Waals surface area contributed by atoms with Crippen molar-refractivity contribution in [3.05, 3.63) is 40.5 Å². The van der Waals surface area contributed by atoms with Crippen molar-refractivity contribution in [1.82, 2.24) is 0 Å². The molecule has 1 aromatic rings. The molecule has 0 amide bonds. The summed E-state index contributed by atoms with van der Waals surface area (Å²) < 4.78 is 6.27. The van der Waals surface area contributed by atoms with Crippen LogP contribution in [0.25, 0.3) is 0 Å². The SMILES string of the molecule is CCOC(=O)/C=C(\C)C#C[Se]c1cc2c(cc1C)C(C)(C)CCC2(C)C. The summed E-state index contributed by atoms with van der Waals surface area (Å²) in [6.07, 6.45) is 3.92. The number of carbonyl (C=O) groups is 1. The van der Waals surface area contributed by atoms with E-state index in [0.717, 1.165) is 5.57 Å². The fourth-order valence-electron chi connectivity index (χ4n) is 3.37. The number of carbonyl (C=O) groups excluding carboxylic acids is 1. The molecule has 0 fully saturated rings. The maximum atomic E-state index is 11.5. The fraction of sp³-hybridized carbons (Fsp3) is 0.522. The number of rotatable bonds is 3. The first-order valence-corrected chi connectivity index (χ1v) is 11.0. The van der Waals surface area contributed by atoms with Crippen molar-refractivity contribution < 1.29 is 9.53 Å². The third-order valence-electron chi connectivity index (χ3n) is 5.18. The first-order chi connectivity index (χ1) is 12.1. The summed E-state index contributed by atoms with van der Waals surface area (Å²) in [6, 6.07) is 4.78. The first kappa shape index (κ1) is 20.8. The second kappa shape index (κ2) is 8.03. The number of allylic oxidation sites excluding steroid dienone is 1. The van der Waals surface area contributed by atoms with Gasteiger partial charge in [-0.2, -0.15) is 0 Å². The van der Waals surface area contributed by atoms with Gasteiger partial charge in [-0.05, 0) is 0 Å². The van der Waals surface area contributed by atoms with Crippen LogP contribution in [0.5, 0.6) is 0 Å². The summed E-state index contributed by atoms with van der Waals surface area (Å²) in [5.74, 6) is 2.78. The van der Waals surface area contributed by atoms with Crippen molar-refractivity contribution in [1.29, 1.82) is 0 Å². The van der Waals surface area contributed by atoms with Gasteiger partial charge in [0.25, 0.3) is 0 Å². The Labute approximate surface area is 164 Å². The van der Waals surface area contributed by atoms with E-state index < -0.39 is 0 Å². The van der Waals surface area contributed by atoms with Crippen LogP contribution in [-0.2, 0) is 20.4 Å². The van der Waals surface area contributed by atoms with Crippen LogP contribution in [0.2, 0.25) is 0 Å². The third kappa shape index (κ3) is 4.81. The quantitative estimate of drug-likeness (QED) is 0.320. The molecule has 0 spiro atoms. The molecule has 0 unspecified atom stereocenters. The van der Waals surface area contributed by atoms with E-state index in [9.17, 15) is 4.79 Å². The molecule has 0 radical (unpaired) electrons. The molecule has 0 heterocycles. The third-order valence-corrected chi connectivity index (χ3v) is 6.99. The zero-order valence-corrected chi connectivity index (χ0v) is 18.8. The van der Waals surface area contributed by atoms with Gasteiger partial charge in [0.1, 0.15) is 0 Å². The Morgan fingerprint density at radius 2 is 1.77 bits per heavy atom. The van der Waals surface area contributed by atoms with E-state index in [0.29, 0.717) is 6.61 Å². The molecule has 26 heavy (non-hydrogen) atoms. The number of esters is 1. The number of hydrogen-bond acceptors (Lipinski definition) is 2. The number of benzene rings is 1. The van der Waals surface area contributed by atoms with E-state index in [1.54, 1.807) is 6.92 Å². The number of hydrogen-bond donors (Lipinski definition) is 0. The molecule has 0 aromatic heterocycles. The van der Waals surface area contributed by atoms with Crippen molar-refractivity contribution in [2.75, 3.05) is 6.61 Å². The van der Waals surface area contributed by atoms with Gasteiger partial charge < -0.3 is 0 Å². The molecule has 0 aliphatic heterocycles. The summed E-state index contributed by atoms with van der Waals surface area (Å²) in [5.41, 5.74) is 5.52. The van der Waals surface area contributed by atoms with E-state index in [4.69, 9.17) is 4.74 Å². The van der Waals surface area contributed by atoms with Gasteiger partial charge in [0.2, 0.25) is 0 Å². The van der Waals surface area contributed by atoms with Gasteiger partial charge in [-0.15, -0.1) is 0 Å². The molecule has 0 N–H and O–H groups in total. The number of aryl methyl sites for hydroxylation is 1. The van der Waals surface area contributed by atoms with Crippen LogP contribution < -0.4 is 4.46 Å². The predicted octanol–water partition coefficient (Wildman–Crippen LogP) is 4.14. The Morgan fingerprint density at radius 3 is 2.35 bits per heavy atom. The zero-order chi connectivity index (χ0) is 19.5. The Kier molecular flexibility index (Phi) is 6.43. The first-order valence-electron chi connectivity index (χ1n) is 9.25. The van der Waals surface area contributed by atoms with E-state index in [1.165, 1.54) is 40.1 Å². The zero-order valence-electron chi connectivity index (χ0n) is 17.1. The average Bonchev–Trinajstić information content (AvgIpc) is 2.53. The fourth-order valence-corrected chi connectivity index (χ4v) is 4.88. The molecule has 3 heteroatoms. The number of ether oxygens (including phenoxy) is 1. The summed E-state index contributed by atoms with van der Waals surface area (Å²) in [6.45, 7) is 15.7. The van der Waals surface area contributed by atoms with Gasteiger partial charge >= 0.3 is 165 Å². The van der Waals surface area contributed by atoms with Crippen LogP contribution in [-0.4, -0.2) is 27.5 Å². The van der Waals surface area contributed by atoms with Gasteiger partial charge in [0, 0.05) is 0 Å². The van der Waals surface area contributed by atoms with Crippen LogP contribution in [0.4, 0.5) is 0 Å². The Balaban J connectivity index is 2.28. The summed E-state index contributed by atoms with van der Waals surface area (Å²) >= 11 is 0.0700. The van der Waals surface area contributed by atoms with Crippen molar-refractivity contribution in [2.45, 2.75) is 72.1 Å². The number of fused-ring (bicyclic) bond motifs is 1. The Morgan fingerprint density at radius 1 is 1.19 bits per heavy atom. The molecule has 1 aromatic carbocycles. The second-order valence-electron chi connectivity index (χ2n) is 8.34. The Hall–Kier alpha value is -1.49. The average molecular weight is 417 g/mol. The summed E-state index contributed by atoms with van der Waals surface area (Å²) in [4.78, 5) is 14.8. The molecule has 1 aliphatic rings. The second-order valence-corrected chi connectivity index (χ2v) is 10.1. The van der Waals surface area contributed by atoms with Gasteiger partial charge in [0.05, 0.1) is 0 Å². The molecular weight excluding hydrogens is 387 g/mol. The van der Waals surface area contributed by atoms with E-state index in [2.05, 4.69) is 57.5 Å². The Bertz CT molecular complexity index is 788. The standard InChI is InChI=1S/C23H30O2Se/c1-8-25-21(24)13-16(2)9-12-26-20-15-19-18(14-17(20)3)22(4,5)10-11-23(19,6)7/h13-15H,8,10-11H2,1-7H3/b16-13+. The van der Waals surface area contributed by atoms with Crippen molar-refractivity contribution in [3.8, 4) is 10.7 Å². The molecule has 140 valence electrons. The summed E-state index contributed by atoms with van der Waals surface area (Å²) in [7, 11) is 0. The normalized spacial score (nSPS) is 17.7. The van der Waals surface area contributed by atoms with E-state index >= 15 is 0 Å². The van der Waals surface area contributed by atoms with Crippen LogP contribution in [0.15, 0.2) is 23.8 Å². The van der Waals surface area contributed by atoms with Gasteiger partial charge in [0.15, 0.2) is 0 Å². The van der Waals surface area contributed by atoms with Crippen molar-refractivity contribution in [2.24, 2.45) is 0 Å². The molecular formula is C23H30O2Se. The minimum atomic E-state index is -0.319. The summed E-state index contributed by atoms with van der Waals surface area (Å²) in [5, 5.41) is 0.